The van der Waals surface area contributed by atoms with Crippen LogP contribution >= 0.6 is 0 Å². The smallest absolute Gasteiger partial charge is 0.416 e. The minimum absolute atomic E-state index is 0.0404. The highest BCUT2D eigenvalue weighted by Crippen LogP contribution is 2.39. The predicted octanol–water partition coefficient (Wildman–Crippen LogP) is 8.26. The molecule has 0 bridgehead atoms. The molecule has 1 aliphatic rings. The Balaban J connectivity index is 1.89. The first kappa shape index (κ1) is 32.9. The summed E-state index contributed by atoms with van der Waals surface area (Å²) in [5.41, 5.74) is -2.01. The summed E-state index contributed by atoms with van der Waals surface area (Å²) in [4.78, 5) is 28.6. The van der Waals surface area contributed by atoms with E-state index in [0.717, 1.165) is 10.5 Å². The molecule has 12 heteroatoms. The summed E-state index contributed by atoms with van der Waals surface area (Å²) >= 11 is 0. The van der Waals surface area contributed by atoms with E-state index in [1.807, 2.05) is 0 Å². The van der Waals surface area contributed by atoms with Crippen molar-refractivity contribution in [3.05, 3.63) is 76.1 Å². The van der Waals surface area contributed by atoms with Gasteiger partial charge in [0.15, 0.2) is 0 Å². The molecule has 5 nitrogen and oxygen atoms in total. The molecule has 2 aromatic carbocycles. The monoisotopic (exact) mass is 602 g/mol. The average Bonchev–Trinajstić information content (AvgIpc) is 2.89. The zero-order valence-corrected chi connectivity index (χ0v) is 23.9. The van der Waals surface area contributed by atoms with Gasteiger partial charge in [0.2, 0.25) is 5.91 Å². The third-order valence-corrected chi connectivity index (χ3v) is 7.03. The Bertz CT molecular complexity index is 1280. The highest BCUT2D eigenvalue weighted by Gasteiger charge is 2.38. The first-order valence-corrected chi connectivity index (χ1v) is 13.3. The number of hydrogen-bond donors (Lipinski definition) is 0. The van der Waals surface area contributed by atoms with Gasteiger partial charge in [-0.2, -0.15) is 26.3 Å². The molecule has 1 aliphatic heterocycles. The zero-order chi connectivity index (χ0) is 31.6. The number of carbonyl (C=O) groups excluding carboxylic acids is 2. The third kappa shape index (κ3) is 8.48. The number of amides is 2. The molecule has 42 heavy (non-hydrogen) atoms. The molecule has 1 saturated heterocycles. The lowest BCUT2D eigenvalue weighted by Crippen LogP contribution is -2.40. The van der Waals surface area contributed by atoms with Gasteiger partial charge < -0.3 is 14.5 Å². The normalized spacial score (nSPS) is 15.3. The van der Waals surface area contributed by atoms with E-state index < -0.39 is 52.9 Å². The number of halogens is 7. The van der Waals surface area contributed by atoms with Crippen LogP contribution in [0.25, 0.3) is 5.57 Å². The minimum atomic E-state index is -5.02. The first-order chi connectivity index (χ1) is 19.3. The third-order valence-electron chi connectivity index (χ3n) is 7.03. The Labute approximate surface area is 239 Å². The van der Waals surface area contributed by atoms with Gasteiger partial charge in [-0.25, -0.2) is 9.18 Å². The summed E-state index contributed by atoms with van der Waals surface area (Å²) in [6, 6.07) is 5.57. The molecule has 0 aromatic heterocycles. The van der Waals surface area contributed by atoms with Crippen LogP contribution in [0, 0.1) is 5.82 Å². The molecule has 2 amide bonds. The Kier molecular flexibility index (Phi) is 9.68. The Morgan fingerprint density at radius 2 is 1.40 bits per heavy atom. The second-order valence-electron chi connectivity index (χ2n) is 11.3. The molecule has 0 unspecified atom stereocenters. The Hall–Kier alpha value is -3.57. The number of benzene rings is 2. The summed E-state index contributed by atoms with van der Waals surface area (Å²) < 4.78 is 99.5. The number of piperidine rings is 1. The fraction of sp³-hybridized carbons (Fsp3) is 0.467. The van der Waals surface area contributed by atoms with Crippen molar-refractivity contribution in [1.29, 1.82) is 0 Å². The molecule has 2 aromatic rings. The number of rotatable bonds is 5. The van der Waals surface area contributed by atoms with Crippen molar-refractivity contribution < 1.29 is 45.1 Å². The van der Waals surface area contributed by atoms with Crippen LogP contribution in [0.15, 0.2) is 48.0 Å². The van der Waals surface area contributed by atoms with Crippen LogP contribution in [0.5, 0.6) is 0 Å². The lowest BCUT2D eigenvalue weighted by atomic mass is 9.90. The molecule has 0 saturated carbocycles. The van der Waals surface area contributed by atoms with E-state index in [1.165, 1.54) is 38.2 Å². The van der Waals surface area contributed by atoms with E-state index in [2.05, 4.69) is 0 Å². The van der Waals surface area contributed by atoms with Crippen LogP contribution in [0.1, 0.15) is 75.3 Å². The number of nitrogens with zero attached hydrogens (tertiary/aromatic N) is 2. The lowest BCUT2D eigenvalue weighted by Gasteiger charge is -2.32. The van der Waals surface area contributed by atoms with Gasteiger partial charge in [-0.05, 0) is 87.6 Å². The van der Waals surface area contributed by atoms with Crippen molar-refractivity contribution in [2.75, 3.05) is 20.1 Å². The largest absolute Gasteiger partial charge is 0.444 e. The van der Waals surface area contributed by atoms with Gasteiger partial charge in [0, 0.05) is 20.1 Å². The fourth-order valence-electron chi connectivity index (χ4n) is 4.61. The van der Waals surface area contributed by atoms with E-state index in [4.69, 9.17) is 4.74 Å². The second-order valence-corrected chi connectivity index (χ2v) is 11.3. The maximum Gasteiger partial charge on any atom is 0.416 e. The standard InChI is InChI=1S/C30H33F7N2O3/c1-18(21-14-22(29(32,33)34)16-23(15-21)30(35,36)37)38(5)26(40)17-25(19-6-8-24(31)9-7-19)20-10-12-39(13-11-20)27(41)42-28(2,3)4/h6-9,14-16,18H,10-13,17H2,1-5H3/t18-/m1/s1. The number of ether oxygens (including phenoxy) is 1. The number of carbonyl (C=O) groups is 2. The van der Waals surface area contributed by atoms with Crippen molar-refractivity contribution in [3.63, 3.8) is 0 Å². The molecule has 0 spiro atoms. The van der Waals surface area contributed by atoms with Crippen LogP contribution < -0.4 is 0 Å². The van der Waals surface area contributed by atoms with Crippen molar-refractivity contribution in [1.82, 2.24) is 9.80 Å². The number of hydrogen-bond acceptors (Lipinski definition) is 3. The van der Waals surface area contributed by atoms with Gasteiger partial charge in [0.25, 0.3) is 0 Å². The summed E-state index contributed by atoms with van der Waals surface area (Å²) in [5, 5.41) is 0. The van der Waals surface area contributed by atoms with Gasteiger partial charge in [-0.1, -0.05) is 17.7 Å². The van der Waals surface area contributed by atoms with Crippen molar-refractivity contribution >= 4 is 17.6 Å². The van der Waals surface area contributed by atoms with Crippen LogP contribution in [-0.4, -0.2) is 47.5 Å². The summed E-state index contributed by atoms with van der Waals surface area (Å²) in [6.07, 6.45) is -9.98. The van der Waals surface area contributed by atoms with E-state index in [-0.39, 0.29) is 18.1 Å². The number of alkyl halides is 6. The highest BCUT2D eigenvalue weighted by atomic mass is 19.4. The van der Waals surface area contributed by atoms with Gasteiger partial charge in [-0.3, -0.25) is 4.79 Å². The quantitative estimate of drug-likeness (QED) is 0.324. The molecule has 0 N–H and O–H groups in total. The summed E-state index contributed by atoms with van der Waals surface area (Å²) in [5.74, 6) is -1.06. The van der Waals surface area contributed by atoms with Crippen molar-refractivity contribution in [2.24, 2.45) is 0 Å². The minimum Gasteiger partial charge on any atom is -0.444 e. The Morgan fingerprint density at radius 3 is 1.86 bits per heavy atom. The summed E-state index contributed by atoms with van der Waals surface area (Å²) in [6.45, 7) is 7.20. The van der Waals surface area contributed by atoms with Gasteiger partial charge in [-0.15, -0.1) is 0 Å². The second kappa shape index (κ2) is 12.3. The van der Waals surface area contributed by atoms with E-state index in [1.54, 1.807) is 25.7 Å². The molecule has 1 atom stereocenters. The van der Waals surface area contributed by atoms with E-state index in [9.17, 15) is 40.3 Å². The topological polar surface area (TPSA) is 49.9 Å². The first-order valence-electron chi connectivity index (χ1n) is 13.3. The molecule has 1 heterocycles. The molecule has 230 valence electrons. The maximum absolute atomic E-state index is 13.7. The summed E-state index contributed by atoms with van der Waals surface area (Å²) in [7, 11) is 1.30. The van der Waals surface area contributed by atoms with E-state index in [0.29, 0.717) is 49.2 Å². The molecule has 1 fully saturated rings. The highest BCUT2D eigenvalue weighted by molar-refractivity contribution is 5.90. The Morgan fingerprint density at radius 1 is 0.905 bits per heavy atom. The van der Waals surface area contributed by atoms with E-state index >= 15 is 0 Å². The van der Waals surface area contributed by atoms with Gasteiger partial charge in [0.05, 0.1) is 23.6 Å². The maximum atomic E-state index is 13.7. The number of likely N-dealkylation sites (tertiary alicyclic amines) is 1. The van der Waals surface area contributed by atoms with Gasteiger partial charge >= 0.3 is 18.4 Å². The van der Waals surface area contributed by atoms with Crippen LogP contribution in [0.4, 0.5) is 35.5 Å². The van der Waals surface area contributed by atoms with Crippen molar-refractivity contribution in [3.8, 4) is 0 Å². The molecular formula is C30H33F7N2O3. The van der Waals surface area contributed by atoms with Crippen LogP contribution in [0.2, 0.25) is 0 Å². The zero-order valence-electron chi connectivity index (χ0n) is 23.9. The molecule has 3 rings (SSSR count). The van der Waals surface area contributed by atoms with Gasteiger partial charge in [0.1, 0.15) is 11.4 Å². The predicted molar refractivity (Wildman–Crippen MR) is 143 cm³/mol. The van der Waals surface area contributed by atoms with Crippen LogP contribution in [0.3, 0.4) is 0 Å². The SMILES string of the molecule is C[C@H](c1cc(C(F)(F)F)cc(C(F)(F)F)c1)N(C)C(=O)CC(=C1CCN(C(=O)OC(C)(C)C)CC1)c1ccc(F)cc1. The van der Waals surface area contributed by atoms with Crippen LogP contribution in [-0.2, 0) is 21.9 Å². The molecule has 0 aliphatic carbocycles. The molecular weight excluding hydrogens is 569 g/mol. The average molecular weight is 603 g/mol. The molecule has 0 radical (unpaired) electrons. The lowest BCUT2D eigenvalue weighted by molar-refractivity contribution is -0.143. The fourth-order valence-corrected chi connectivity index (χ4v) is 4.61. The van der Waals surface area contributed by atoms with Crippen molar-refractivity contribution in [2.45, 2.75) is 71.0 Å².